The monoisotopic (exact) mass is 374 g/mol. The molecule has 0 bridgehead atoms. The van der Waals surface area contributed by atoms with Crippen LogP contribution in [0.25, 0.3) is 11.0 Å². The summed E-state index contributed by atoms with van der Waals surface area (Å²) in [7, 11) is 0. The van der Waals surface area contributed by atoms with E-state index in [-0.39, 0.29) is 16.7 Å². The van der Waals surface area contributed by atoms with Crippen molar-refractivity contribution in [3.05, 3.63) is 69.1 Å². The number of pyridine rings is 2. The van der Waals surface area contributed by atoms with Crippen molar-refractivity contribution in [1.82, 2.24) is 9.55 Å². The van der Waals surface area contributed by atoms with Gasteiger partial charge in [0.05, 0.1) is 5.52 Å². The zero-order valence-corrected chi connectivity index (χ0v) is 16.2. The van der Waals surface area contributed by atoms with Gasteiger partial charge < -0.3 is 9.67 Å². The SMILES string of the molecule is CC(=O)c1c(O)c2ncc(Cc3ccccc3)c3c2n(c1=O)C[C@H]1[C@@H]3C1(C)C. The first-order valence-electron chi connectivity index (χ1n) is 9.64. The smallest absolute Gasteiger partial charge is 0.265 e. The number of fused-ring (bicyclic) bond motifs is 2. The molecule has 28 heavy (non-hydrogen) atoms. The van der Waals surface area contributed by atoms with Crippen molar-refractivity contribution in [1.29, 1.82) is 0 Å². The first-order chi connectivity index (χ1) is 13.3. The lowest BCUT2D eigenvalue weighted by Crippen LogP contribution is -2.30. The summed E-state index contributed by atoms with van der Waals surface area (Å²) < 4.78 is 1.68. The molecule has 0 spiro atoms. The summed E-state index contributed by atoms with van der Waals surface area (Å²) >= 11 is 0. The van der Waals surface area contributed by atoms with Crippen molar-refractivity contribution in [3.8, 4) is 5.75 Å². The standard InChI is InChI=1S/C23H22N2O3/c1-12(26)16-21(27)19-20-17(14(10-24-19)9-13-7-5-4-6-8-13)18-15(23(18,2)3)11-25(20)22(16)28/h4-8,10,15,18,27H,9,11H2,1-3H3/t15-,18-/m0/s1. The molecule has 2 aliphatic rings. The minimum absolute atomic E-state index is 0.0736. The molecule has 0 unspecified atom stereocenters. The maximum Gasteiger partial charge on any atom is 0.265 e. The fourth-order valence-electron chi connectivity index (χ4n) is 5.11. The predicted octanol–water partition coefficient (Wildman–Crippen LogP) is 3.65. The van der Waals surface area contributed by atoms with E-state index < -0.39 is 11.3 Å². The van der Waals surface area contributed by atoms with Gasteiger partial charge in [-0.2, -0.15) is 0 Å². The van der Waals surface area contributed by atoms with Crippen LogP contribution in [0.15, 0.2) is 41.3 Å². The second-order valence-electron chi connectivity index (χ2n) is 8.66. The number of carbonyl (C=O) groups is 1. The van der Waals surface area contributed by atoms with Gasteiger partial charge in [-0.25, -0.2) is 0 Å². The van der Waals surface area contributed by atoms with Gasteiger partial charge in [0.2, 0.25) is 0 Å². The average molecular weight is 374 g/mol. The molecule has 1 saturated carbocycles. The zero-order chi connectivity index (χ0) is 19.8. The Bertz CT molecular complexity index is 1210. The van der Waals surface area contributed by atoms with Crippen LogP contribution in [0.4, 0.5) is 0 Å². The summed E-state index contributed by atoms with van der Waals surface area (Å²) in [5.41, 5.74) is 3.95. The number of hydrogen-bond donors (Lipinski definition) is 1. The molecule has 0 radical (unpaired) electrons. The number of Topliss-reactive ketones (excluding diaryl/α,β-unsaturated/α-hetero) is 1. The lowest BCUT2D eigenvalue weighted by molar-refractivity contribution is 0.101. The maximum atomic E-state index is 13.1. The van der Waals surface area contributed by atoms with Gasteiger partial charge >= 0.3 is 0 Å². The minimum atomic E-state index is -0.429. The molecular weight excluding hydrogens is 352 g/mol. The van der Waals surface area contributed by atoms with E-state index >= 15 is 0 Å². The number of aromatic hydroxyl groups is 1. The molecule has 3 aromatic rings. The zero-order valence-electron chi connectivity index (χ0n) is 16.2. The molecule has 0 amide bonds. The Kier molecular flexibility index (Phi) is 3.39. The van der Waals surface area contributed by atoms with Crippen molar-refractivity contribution in [2.75, 3.05) is 0 Å². The van der Waals surface area contributed by atoms with Gasteiger partial charge in [-0.3, -0.25) is 14.6 Å². The van der Waals surface area contributed by atoms with Crippen molar-refractivity contribution in [2.45, 2.75) is 39.7 Å². The van der Waals surface area contributed by atoms with Crippen LogP contribution >= 0.6 is 0 Å². The second kappa shape index (κ2) is 5.53. The third-order valence-corrected chi connectivity index (χ3v) is 6.70. The van der Waals surface area contributed by atoms with Gasteiger partial charge in [-0.05, 0) is 47.3 Å². The quantitative estimate of drug-likeness (QED) is 0.711. The Labute approximate surface area is 162 Å². The molecule has 1 aliphatic heterocycles. The summed E-state index contributed by atoms with van der Waals surface area (Å²) in [5, 5.41) is 10.7. The van der Waals surface area contributed by atoms with Crippen LogP contribution in [0.3, 0.4) is 0 Å². The van der Waals surface area contributed by atoms with Crippen LogP contribution in [-0.2, 0) is 13.0 Å². The maximum absolute atomic E-state index is 13.1. The Morgan fingerprint density at radius 2 is 2.00 bits per heavy atom. The largest absolute Gasteiger partial charge is 0.505 e. The number of ketones is 1. The summed E-state index contributed by atoms with van der Waals surface area (Å²) in [5.74, 6) is -0.0314. The highest BCUT2D eigenvalue weighted by atomic mass is 16.3. The predicted molar refractivity (Wildman–Crippen MR) is 107 cm³/mol. The second-order valence-corrected chi connectivity index (χ2v) is 8.66. The topological polar surface area (TPSA) is 72.2 Å². The third kappa shape index (κ3) is 2.16. The number of benzene rings is 1. The number of rotatable bonds is 3. The summed E-state index contributed by atoms with van der Waals surface area (Å²) in [6.07, 6.45) is 2.53. The van der Waals surface area contributed by atoms with Gasteiger partial charge in [0.15, 0.2) is 11.5 Å². The molecule has 142 valence electrons. The van der Waals surface area contributed by atoms with Crippen LogP contribution < -0.4 is 5.56 Å². The first kappa shape index (κ1) is 17.2. The van der Waals surface area contributed by atoms with Gasteiger partial charge in [-0.15, -0.1) is 0 Å². The lowest BCUT2D eigenvalue weighted by Gasteiger charge is -2.22. The molecule has 2 atom stereocenters. The molecule has 1 fully saturated rings. The van der Waals surface area contributed by atoms with Crippen molar-refractivity contribution in [3.63, 3.8) is 0 Å². The highest BCUT2D eigenvalue weighted by molar-refractivity contribution is 6.02. The van der Waals surface area contributed by atoms with E-state index in [0.29, 0.717) is 29.4 Å². The van der Waals surface area contributed by atoms with Crippen LogP contribution in [0.1, 0.15) is 53.7 Å². The Balaban J connectivity index is 1.83. The van der Waals surface area contributed by atoms with Crippen molar-refractivity contribution in [2.24, 2.45) is 11.3 Å². The van der Waals surface area contributed by atoms with Crippen LogP contribution in [0.2, 0.25) is 0 Å². The van der Waals surface area contributed by atoms with Crippen LogP contribution in [0.5, 0.6) is 5.75 Å². The molecular formula is C23H22N2O3. The summed E-state index contributed by atoms with van der Waals surface area (Å²) in [6.45, 7) is 6.33. The van der Waals surface area contributed by atoms with E-state index in [1.54, 1.807) is 10.8 Å². The van der Waals surface area contributed by atoms with E-state index in [1.165, 1.54) is 12.5 Å². The third-order valence-electron chi connectivity index (χ3n) is 6.70. The van der Waals surface area contributed by atoms with Gasteiger partial charge in [-0.1, -0.05) is 44.2 Å². The Hall–Kier alpha value is -2.95. The van der Waals surface area contributed by atoms with E-state index in [4.69, 9.17) is 0 Å². The Morgan fingerprint density at radius 3 is 2.68 bits per heavy atom. The first-order valence-corrected chi connectivity index (χ1v) is 9.64. The molecule has 5 nitrogen and oxygen atoms in total. The highest BCUT2D eigenvalue weighted by Crippen LogP contribution is 2.68. The lowest BCUT2D eigenvalue weighted by atomic mass is 9.92. The van der Waals surface area contributed by atoms with Crippen molar-refractivity contribution < 1.29 is 9.90 Å². The average Bonchev–Trinajstić information content (AvgIpc) is 3.21. The van der Waals surface area contributed by atoms with E-state index in [2.05, 4.69) is 31.0 Å². The number of carbonyl (C=O) groups excluding carboxylic acids is 1. The number of hydrogen-bond acceptors (Lipinski definition) is 4. The fourth-order valence-corrected chi connectivity index (χ4v) is 5.11. The molecule has 0 saturated heterocycles. The summed E-state index contributed by atoms with van der Waals surface area (Å²) in [4.78, 5) is 29.6. The van der Waals surface area contributed by atoms with Crippen molar-refractivity contribution >= 4 is 16.8 Å². The molecule has 1 aliphatic carbocycles. The van der Waals surface area contributed by atoms with Crippen LogP contribution in [-0.4, -0.2) is 20.4 Å². The molecule has 3 heterocycles. The molecule has 2 aromatic heterocycles. The van der Waals surface area contributed by atoms with E-state index in [0.717, 1.165) is 17.5 Å². The Morgan fingerprint density at radius 1 is 1.29 bits per heavy atom. The van der Waals surface area contributed by atoms with Crippen LogP contribution in [0, 0.1) is 11.3 Å². The van der Waals surface area contributed by atoms with Gasteiger partial charge in [0, 0.05) is 12.7 Å². The minimum Gasteiger partial charge on any atom is -0.505 e. The fraction of sp³-hybridized carbons (Fsp3) is 0.348. The van der Waals surface area contributed by atoms with E-state index in [9.17, 15) is 14.7 Å². The number of nitrogens with zero attached hydrogens (tertiary/aromatic N) is 2. The van der Waals surface area contributed by atoms with Gasteiger partial charge in [0.1, 0.15) is 11.1 Å². The molecule has 5 heteroatoms. The molecule has 1 aromatic carbocycles. The normalized spacial score (nSPS) is 21.4. The summed E-state index contributed by atoms with van der Waals surface area (Å²) in [6, 6.07) is 10.2. The molecule has 5 rings (SSSR count). The highest BCUT2D eigenvalue weighted by Gasteiger charge is 2.61. The number of aromatic nitrogens is 2. The van der Waals surface area contributed by atoms with Gasteiger partial charge in [0.25, 0.3) is 5.56 Å². The van der Waals surface area contributed by atoms with E-state index in [1.807, 2.05) is 18.2 Å². The molecule has 1 N–H and O–H groups in total.